The summed E-state index contributed by atoms with van der Waals surface area (Å²) in [7, 11) is 0. The second kappa shape index (κ2) is 11.3. The lowest BCUT2D eigenvalue weighted by Gasteiger charge is -2.23. The molecule has 0 fully saturated rings. The van der Waals surface area contributed by atoms with Crippen molar-refractivity contribution in [2.24, 2.45) is 0 Å². The second-order valence-corrected chi connectivity index (χ2v) is 9.67. The maximum absolute atomic E-state index is 9.07. The van der Waals surface area contributed by atoms with Crippen molar-refractivity contribution in [2.75, 3.05) is 6.54 Å². The van der Waals surface area contributed by atoms with Crippen molar-refractivity contribution in [2.45, 2.75) is 26.1 Å². The minimum atomic E-state index is 0.659. The molecule has 0 bridgehead atoms. The third-order valence-corrected chi connectivity index (χ3v) is 6.79. The first-order valence-electron chi connectivity index (χ1n) is 11.8. The monoisotopic (exact) mass is 536 g/mol. The first-order chi connectivity index (χ1) is 17.7. The van der Waals surface area contributed by atoms with Crippen LogP contribution in [0.15, 0.2) is 95.9 Å². The van der Waals surface area contributed by atoms with Gasteiger partial charge < -0.3 is 4.57 Å². The highest BCUT2D eigenvalue weighted by atomic mass is 79.9. The van der Waals surface area contributed by atoms with Crippen molar-refractivity contribution in [1.82, 2.24) is 24.6 Å². The maximum Gasteiger partial charge on any atom is 0.147 e. The van der Waals surface area contributed by atoms with Crippen molar-refractivity contribution in [3.8, 4) is 6.07 Å². The molecular formula is C29H25BrN6. The quantitative estimate of drug-likeness (QED) is 0.239. The van der Waals surface area contributed by atoms with E-state index in [9.17, 15) is 0 Å². The summed E-state index contributed by atoms with van der Waals surface area (Å²) < 4.78 is 3.17. The largest absolute Gasteiger partial charge is 0.312 e. The summed E-state index contributed by atoms with van der Waals surface area (Å²) >= 11 is 3.53. The summed E-state index contributed by atoms with van der Waals surface area (Å²) in [5, 5.41) is 18.9. The van der Waals surface area contributed by atoms with E-state index >= 15 is 0 Å². The Hall–Kier alpha value is -3.86. The molecule has 0 unspecified atom stereocenters. The fourth-order valence-corrected chi connectivity index (χ4v) is 4.57. The molecule has 0 aliphatic rings. The number of nitrogens with zero attached hydrogens (tertiary/aromatic N) is 6. The Bertz CT molecular complexity index is 1480. The first kappa shape index (κ1) is 23.9. The molecule has 0 saturated carbocycles. The van der Waals surface area contributed by atoms with Crippen LogP contribution in [0.4, 0.5) is 0 Å². The molecule has 0 radical (unpaired) electrons. The van der Waals surface area contributed by atoms with Crippen molar-refractivity contribution < 1.29 is 0 Å². The van der Waals surface area contributed by atoms with Crippen LogP contribution >= 0.6 is 15.9 Å². The number of pyridine rings is 1. The standard InChI is InChI=1S/C29H25BrN6/c30-26-11-9-22(10-12-26)14-16-35(19-25-13-15-32-28-4-2-1-3-27(25)28)20-29-34-33-21-36(29)18-24-7-5-23(17-31)6-8-24/h1-13,15,21H,14,16,18-20H2. The minimum Gasteiger partial charge on any atom is -0.312 e. The highest BCUT2D eigenvalue weighted by molar-refractivity contribution is 9.10. The Morgan fingerprint density at radius 2 is 1.67 bits per heavy atom. The molecule has 0 atom stereocenters. The first-order valence-corrected chi connectivity index (χ1v) is 12.6. The van der Waals surface area contributed by atoms with E-state index < -0.39 is 0 Å². The van der Waals surface area contributed by atoms with Gasteiger partial charge in [0.25, 0.3) is 0 Å². The van der Waals surface area contributed by atoms with Crippen molar-refractivity contribution >= 4 is 26.8 Å². The van der Waals surface area contributed by atoms with Gasteiger partial charge in [-0.25, -0.2) is 0 Å². The molecule has 7 heteroatoms. The number of benzene rings is 3. The summed E-state index contributed by atoms with van der Waals surface area (Å²) in [6.07, 6.45) is 4.60. The fraction of sp³-hybridized carbons (Fsp3) is 0.172. The van der Waals surface area contributed by atoms with Gasteiger partial charge in [0.05, 0.1) is 30.2 Å². The Balaban J connectivity index is 1.38. The molecule has 0 saturated heterocycles. The average molecular weight is 537 g/mol. The average Bonchev–Trinajstić information content (AvgIpc) is 3.35. The fourth-order valence-electron chi connectivity index (χ4n) is 4.30. The Morgan fingerprint density at radius 3 is 2.47 bits per heavy atom. The topological polar surface area (TPSA) is 70.6 Å². The van der Waals surface area contributed by atoms with Crippen LogP contribution in [0.2, 0.25) is 0 Å². The van der Waals surface area contributed by atoms with Gasteiger partial charge in [0.15, 0.2) is 0 Å². The van der Waals surface area contributed by atoms with Crippen molar-refractivity contribution in [3.63, 3.8) is 0 Å². The number of aromatic nitrogens is 4. The van der Waals surface area contributed by atoms with Crippen LogP contribution in [-0.2, 0) is 26.1 Å². The molecule has 5 aromatic rings. The summed E-state index contributed by atoms with van der Waals surface area (Å²) in [6, 6.07) is 28.7. The van der Waals surface area contributed by atoms with Crippen LogP contribution in [0, 0.1) is 11.3 Å². The molecule has 36 heavy (non-hydrogen) atoms. The van der Waals surface area contributed by atoms with E-state index in [4.69, 9.17) is 5.26 Å². The van der Waals surface area contributed by atoms with Gasteiger partial charge in [0, 0.05) is 29.1 Å². The number of hydrogen-bond acceptors (Lipinski definition) is 5. The van der Waals surface area contributed by atoms with Crippen LogP contribution in [-0.4, -0.2) is 31.2 Å². The van der Waals surface area contributed by atoms with E-state index in [0.29, 0.717) is 18.7 Å². The number of nitriles is 1. The van der Waals surface area contributed by atoms with Crippen LogP contribution in [0.3, 0.4) is 0 Å². The lowest BCUT2D eigenvalue weighted by atomic mass is 10.1. The number of fused-ring (bicyclic) bond motifs is 1. The van der Waals surface area contributed by atoms with Gasteiger partial charge >= 0.3 is 0 Å². The smallest absolute Gasteiger partial charge is 0.147 e. The lowest BCUT2D eigenvalue weighted by molar-refractivity contribution is 0.251. The number of hydrogen-bond donors (Lipinski definition) is 0. The van der Waals surface area contributed by atoms with E-state index in [-0.39, 0.29) is 0 Å². The van der Waals surface area contributed by atoms with Gasteiger partial charge in [0.1, 0.15) is 12.2 Å². The van der Waals surface area contributed by atoms with Crippen molar-refractivity contribution in [3.05, 3.63) is 124 Å². The molecule has 0 aliphatic carbocycles. The van der Waals surface area contributed by atoms with E-state index in [2.05, 4.69) is 95.2 Å². The van der Waals surface area contributed by atoms with E-state index in [1.54, 1.807) is 6.33 Å². The number of rotatable bonds is 9. The molecule has 0 N–H and O–H groups in total. The van der Waals surface area contributed by atoms with Gasteiger partial charge in [-0.1, -0.05) is 58.4 Å². The summed E-state index contributed by atoms with van der Waals surface area (Å²) in [5.41, 5.74) is 5.31. The van der Waals surface area contributed by atoms with Crippen LogP contribution in [0.25, 0.3) is 10.9 Å². The zero-order chi connectivity index (χ0) is 24.7. The Morgan fingerprint density at radius 1 is 0.889 bits per heavy atom. The van der Waals surface area contributed by atoms with Crippen LogP contribution < -0.4 is 0 Å². The lowest BCUT2D eigenvalue weighted by Crippen LogP contribution is -2.27. The molecule has 178 valence electrons. The summed E-state index contributed by atoms with van der Waals surface area (Å²) in [4.78, 5) is 6.95. The molecular weight excluding hydrogens is 512 g/mol. The molecule has 3 aromatic carbocycles. The van der Waals surface area contributed by atoms with E-state index in [0.717, 1.165) is 40.9 Å². The predicted molar refractivity (Wildman–Crippen MR) is 144 cm³/mol. The van der Waals surface area contributed by atoms with Gasteiger partial charge in [-0.15, -0.1) is 10.2 Å². The summed E-state index contributed by atoms with van der Waals surface area (Å²) in [5.74, 6) is 0.911. The highest BCUT2D eigenvalue weighted by Gasteiger charge is 2.14. The molecule has 0 aliphatic heterocycles. The number of para-hydroxylation sites is 1. The summed E-state index contributed by atoms with van der Waals surface area (Å²) in [6.45, 7) is 2.99. The van der Waals surface area contributed by atoms with Crippen LogP contribution in [0.1, 0.15) is 28.1 Å². The van der Waals surface area contributed by atoms with E-state index in [1.807, 2.05) is 36.5 Å². The third kappa shape index (κ3) is 5.85. The normalized spacial score (nSPS) is 11.1. The zero-order valence-corrected chi connectivity index (χ0v) is 21.3. The molecule has 5 rings (SSSR count). The predicted octanol–water partition coefficient (Wildman–Crippen LogP) is 5.75. The van der Waals surface area contributed by atoms with Gasteiger partial charge in [-0.05, 0) is 59.5 Å². The third-order valence-electron chi connectivity index (χ3n) is 6.26. The molecule has 0 amide bonds. The molecule has 6 nitrogen and oxygen atoms in total. The highest BCUT2D eigenvalue weighted by Crippen LogP contribution is 2.20. The molecule has 2 heterocycles. The number of halogens is 1. The zero-order valence-electron chi connectivity index (χ0n) is 19.8. The SMILES string of the molecule is N#Cc1ccc(Cn2cnnc2CN(CCc2ccc(Br)cc2)Cc2ccnc3ccccc23)cc1. The molecule has 0 spiro atoms. The van der Waals surface area contributed by atoms with Gasteiger partial charge in [-0.3, -0.25) is 9.88 Å². The Kier molecular flexibility index (Phi) is 7.46. The van der Waals surface area contributed by atoms with Crippen molar-refractivity contribution in [1.29, 1.82) is 5.26 Å². The molecule has 2 aromatic heterocycles. The Labute approximate surface area is 219 Å². The second-order valence-electron chi connectivity index (χ2n) is 8.76. The van der Waals surface area contributed by atoms with Gasteiger partial charge in [0.2, 0.25) is 0 Å². The van der Waals surface area contributed by atoms with Crippen LogP contribution in [0.5, 0.6) is 0 Å². The van der Waals surface area contributed by atoms with Gasteiger partial charge in [-0.2, -0.15) is 5.26 Å². The minimum absolute atomic E-state index is 0.659. The van der Waals surface area contributed by atoms with E-state index in [1.165, 1.54) is 16.5 Å². The maximum atomic E-state index is 9.07.